The molecule has 1 aliphatic rings. The Balaban J connectivity index is 1.36. The third-order valence-corrected chi connectivity index (χ3v) is 4.95. The van der Waals surface area contributed by atoms with E-state index in [-0.39, 0.29) is 6.03 Å². The van der Waals surface area contributed by atoms with Crippen LogP contribution in [0.3, 0.4) is 0 Å². The number of carbonyl (C=O) groups is 1. The van der Waals surface area contributed by atoms with Crippen LogP contribution in [0.1, 0.15) is 24.0 Å². The lowest BCUT2D eigenvalue weighted by Crippen LogP contribution is -2.41. The number of anilines is 1. The monoisotopic (exact) mass is 368 g/mol. The van der Waals surface area contributed by atoms with E-state index in [1.165, 1.54) is 5.69 Å². The smallest absolute Gasteiger partial charge is 0.315 e. The average Bonchev–Trinajstić information content (AvgIpc) is 2.72. The van der Waals surface area contributed by atoms with E-state index in [0.717, 1.165) is 43.6 Å². The number of methoxy groups -OCH3 is 1. The molecule has 3 rings (SSSR count). The van der Waals surface area contributed by atoms with Crippen LogP contribution in [0.25, 0.3) is 0 Å². The third-order valence-electron chi connectivity index (χ3n) is 4.95. The molecule has 6 nitrogen and oxygen atoms in total. The Morgan fingerprint density at radius 1 is 1.15 bits per heavy atom. The van der Waals surface area contributed by atoms with Gasteiger partial charge in [0.2, 0.25) is 0 Å². The van der Waals surface area contributed by atoms with E-state index in [0.29, 0.717) is 19.1 Å². The predicted octanol–water partition coefficient (Wildman–Crippen LogP) is 2.94. The Morgan fingerprint density at radius 3 is 2.63 bits per heavy atom. The van der Waals surface area contributed by atoms with Crippen LogP contribution in [-0.2, 0) is 17.9 Å². The summed E-state index contributed by atoms with van der Waals surface area (Å²) in [7, 11) is 1.68. The van der Waals surface area contributed by atoms with Crippen molar-refractivity contribution in [2.24, 2.45) is 5.92 Å². The molecule has 1 aromatic heterocycles. The second kappa shape index (κ2) is 9.92. The Morgan fingerprint density at radius 2 is 1.89 bits per heavy atom. The molecule has 1 aromatic carbocycles. The summed E-state index contributed by atoms with van der Waals surface area (Å²) in [6, 6.07) is 12.1. The van der Waals surface area contributed by atoms with Crippen LogP contribution in [0.2, 0.25) is 0 Å². The van der Waals surface area contributed by atoms with E-state index in [2.05, 4.69) is 26.6 Å². The van der Waals surface area contributed by atoms with Gasteiger partial charge < -0.3 is 20.3 Å². The molecule has 0 spiro atoms. The number of rotatable bonds is 7. The van der Waals surface area contributed by atoms with E-state index in [1.54, 1.807) is 7.11 Å². The van der Waals surface area contributed by atoms with E-state index >= 15 is 0 Å². The van der Waals surface area contributed by atoms with Gasteiger partial charge in [0, 0.05) is 51.4 Å². The standard InChI is InChI=1S/C21H28N4O2/c1-27-16-19-4-2-3-18(13-19)15-24-21(26)23-14-17-7-11-25(12-8-17)20-5-9-22-10-6-20/h2-6,9-10,13,17H,7-8,11-12,14-16H2,1H3,(H2,23,24,26). The molecule has 1 fully saturated rings. The molecule has 2 N–H and O–H groups in total. The first-order valence-electron chi connectivity index (χ1n) is 9.48. The number of carbonyl (C=O) groups excluding carboxylic acids is 1. The number of hydrogen-bond donors (Lipinski definition) is 2. The van der Waals surface area contributed by atoms with Gasteiger partial charge in [-0.15, -0.1) is 0 Å². The number of nitrogens with one attached hydrogen (secondary N) is 2. The fraction of sp³-hybridized carbons (Fsp3) is 0.429. The molecule has 0 unspecified atom stereocenters. The van der Waals surface area contributed by atoms with Crippen molar-refractivity contribution in [3.8, 4) is 0 Å². The lowest BCUT2D eigenvalue weighted by atomic mass is 9.96. The molecule has 1 aliphatic heterocycles. The van der Waals surface area contributed by atoms with Gasteiger partial charge >= 0.3 is 6.03 Å². The zero-order chi connectivity index (χ0) is 18.9. The van der Waals surface area contributed by atoms with Gasteiger partial charge in [-0.25, -0.2) is 4.79 Å². The normalized spacial score (nSPS) is 14.8. The van der Waals surface area contributed by atoms with Crippen LogP contribution in [-0.4, -0.2) is 37.8 Å². The number of amides is 2. The molecule has 0 bridgehead atoms. The molecular formula is C21H28N4O2. The highest BCUT2D eigenvalue weighted by Crippen LogP contribution is 2.22. The summed E-state index contributed by atoms with van der Waals surface area (Å²) < 4.78 is 5.14. The molecule has 0 radical (unpaired) electrons. The molecule has 2 amide bonds. The maximum Gasteiger partial charge on any atom is 0.315 e. The van der Waals surface area contributed by atoms with Crippen LogP contribution < -0.4 is 15.5 Å². The summed E-state index contributed by atoms with van der Waals surface area (Å²) in [6.07, 6.45) is 5.83. The number of pyridine rings is 1. The Labute approximate surface area is 160 Å². The van der Waals surface area contributed by atoms with Crippen molar-refractivity contribution in [3.63, 3.8) is 0 Å². The quantitative estimate of drug-likeness (QED) is 0.789. The van der Waals surface area contributed by atoms with Crippen molar-refractivity contribution in [2.75, 3.05) is 31.6 Å². The van der Waals surface area contributed by atoms with E-state index < -0.39 is 0 Å². The van der Waals surface area contributed by atoms with Crippen LogP contribution >= 0.6 is 0 Å². The first-order chi connectivity index (χ1) is 13.2. The van der Waals surface area contributed by atoms with Crippen LogP contribution in [0.15, 0.2) is 48.8 Å². The Bertz CT molecular complexity index is 715. The summed E-state index contributed by atoms with van der Waals surface area (Å²) in [4.78, 5) is 18.5. The molecule has 0 saturated carbocycles. The van der Waals surface area contributed by atoms with Crippen molar-refractivity contribution >= 4 is 11.7 Å². The van der Waals surface area contributed by atoms with Crippen molar-refractivity contribution < 1.29 is 9.53 Å². The van der Waals surface area contributed by atoms with Gasteiger partial charge in [0.25, 0.3) is 0 Å². The van der Waals surface area contributed by atoms with Gasteiger partial charge in [-0.1, -0.05) is 24.3 Å². The highest BCUT2D eigenvalue weighted by atomic mass is 16.5. The number of piperidine rings is 1. The molecule has 2 aromatic rings. The first kappa shape index (κ1) is 19.2. The highest BCUT2D eigenvalue weighted by Gasteiger charge is 2.19. The van der Waals surface area contributed by atoms with E-state index in [9.17, 15) is 4.79 Å². The topological polar surface area (TPSA) is 66.5 Å². The highest BCUT2D eigenvalue weighted by molar-refractivity contribution is 5.73. The lowest BCUT2D eigenvalue weighted by Gasteiger charge is -2.33. The summed E-state index contributed by atoms with van der Waals surface area (Å²) in [5, 5.41) is 5.95. The van der Waals surface area contributed by atoms with Gasteiger partial charge in [-0.05, 0) is 42.0 Å². The van der Waals surface area contributed by atoms with Crippen LogP contribution in [0.5, 0.6) is 0 Å². The van der Waals surface area contributed by atoms with E-state index in [4.69, 9.17) is 4.74 Å². The average molecular weight is 368 g/mol. The van der Waals surface area contributed by atoms with Crippen molar-refractivity contribution in [1.29, 1.82) is 0 Å². The molecule has 6 heteroatoms. The van der Waals surface area contributed by atoms with Gasteiger partial charge in [0.15, 0.2) is 0 Å². The number of ether oxygens (including phenoxy) is 1. The maximum absolute atomic E-state index is 12.1. The first-order valence-corrected chi connectivity index (χ1v) is 9.48. The zero-order valence-electron chi connectivity index (χ0n) is 15.9. The number of benzene rings is 1. The van der Waals surface area contributed by atoms with Gasteiger partial charge in [-0.2, -0.15) is 0 Å². The second-order valence-electron chi connectivity index (χ2n) is 6.95. The number of urea groups is 1. The third kappa shape index (κ3) is 5.96. The Kier molecular flexibility index (Phi) is 7.04. The summed E-state index contributed by atoms with van der Waals surface area (Å²) in [6.45, 7) is 3.86. The zero-order valence-corrected chi connectivity index (χ0v) is 15.9. The fourth-order valence-corrected chi connectivity index (χ4v) is 3.43. The molecule has 1 saturated heterocycles. The summed E-state index contributed by atoms with van der Waals surface area (Å²) >= 11 is 0. The van der Waals surface area contributed by atoms with Gasteiger partial charge in [0.05, 0.1) is 6.61 Å². The van der Waals surface area contributed by atoms with Crippen LogP contribution in [0, 0.1) is 5.92 Å². The number of nitrogens with zero attached hydrogens (tertiary/aromatic N) is 2. The Hall–Kier alpha value is -2.60. The minimum absolute atomic E-state index is 0.108. The predicted molar refractivity (Wildman–Crippen MR) is 107 cm³/mol. The molecule has 0 atom stereocenters. The number of aromatic nitrogens is 1. The fourth-order valence-electron chi connectivity index (χ4n) is 3.43. The van der Waals surface area contributed by atoms with Gasteiger partial charge in [0.1, 0.15) is 0 Å². The van der Waals surface area contributed by atoms with Crippen LogP contribution in [0.4, 0.5) is 10.5 Å². The summed E-state index contributed by atoms with van der Waals surface area (Å²) in [5.41, 5.74) is 3.41. The molecule has 144 valence electrons. The van der Waals surface area contributed by atoms with Crippen molar-refractivity contribution in [1.82, 2.24) is 15.6 Å². The number of hydrogen-bond acceptors (Lipinski definition) is 4. The molecule has 2 heterocycles. The lowest BCUT2D eigenvalue weighted by molar-refractivity contribution is 0.185. The van der Waals surface area contributed by atoms with Crippen molar-refractivity contribution in [3.05, 3.63) is 59.9 Å². The molecule has 27 heavy (non-hydrogen) atoms. The van der Waals surface area contributed by atoms with E-state index in [1.807, 2.05) is 42.7 Å². The second-order valence-corrected chi connectivity index (χ2v) is 6.95. The largest absolute Gasteiger partial charge is 0.380 e. The molecular weight excluding hydrogens is 340 g/mol. The minimum atomic E-state index is -0.108. The minimum Gasteiger partial charge on any atom is -0.380 e. The summed E-state index contributed by atoms with van der Waals surface area (Å²) in [5.74, 6) is 0.527. The van der Waals surface area contributed by atoms with Crippen molar-refractivity contribution in [2.45, 2.75) is 26.0 Å². The van der Waals surface area contributed by atoms with Gasteiger partial charge in [-0.3, -0.25) is 4.98 Å². The SMILES string of the molecule is COCc1cccc(CNC(=O)NCC2CCN(c3ccncc3)CC2)c1. The maximum atomic E-state index is 12.1. The molecule has 0 aliphatic carbocycles.